The lowest BCUT2D eigenvalue weighted by atomic mass is 10.1. The average Bonchev–Trinajstić information content (AvgIpc) is 2.78. The maximum atomic E-state index is 13.6. The molecule has 1 fully saturated rings. The molecule has 32 heavy (non-hydrogen) atoms. The molecule has 0 bridgehead atoms. The number of anilines is 1. The van der Waals surface area contributed by atoms with Crippen molar-refractivity contribution in [3.05, 3.63) is 77.2 Å². The first-order valence-corrected chi connectivity index (χ1v) is 10.0. The number of nitrogens with zero attached hydrogens (tertiary/aromatic N) is 4. The summed E-state index contributed by atoms with van der Waals surface area (Å²) in [7, 11) is 0. The van der Waals surface area contributed by atoms with Crippen molar-refractivity contribution in [3.8, 4) is 11.4 Å². The van der Waals surface area contributed by atoms with Crippen LogP contribution >= 0.6 is 0 Å². The minimum Gasteiger partial charge on any atom is -0.353 e. The summed E-state index contributed by atoms with van der Waals surface area (Å²) in [4.78, 5) is 25.2. The molecule has 2 aromatic carbocycles. The van der Waals surface area contributed by atoms with Crippen LogP contribution in [0.4, 0.5) is 23.4 Å². The molecule has 2 heterocycles. The van der Waals surface area contributed by atoms with Gasteiger partial charge in [-0.05, 0) is 37.3 Å². The number of hydrogen-bond acceptors (Lipinski definition) is 4. The van der Waals surface area contributed by atoms with Crippen molar-refractivity contribution < 1.29 is 22.4 Å². The Hall–Kier alpha value is -3.49. The van der Waals surface area contributed by atoms with Crippen LogP contribution in [-0.4, -0.2) is 47.0 Å². The van der Waals surface area contributed by atoms with Crippen molar-refractivity contribution in [2.75, 3.05) is 31.1 Å². The SMILES string of the molecule is Cc1cc(N2CCN(C(=O)c3cccc(C(F)(F)F)c3)CC2)nc(-c2cccc(F)c2)n1. The van der Waals surface area contributed by atoms with Crippen LogP contribution in [0.25, 0.3) is 11.4 Å². The number of piperazine rings is 1. The molecule has 3 aromatic rings. The van der Waals surface area contributed by atoms with Crippen LogP contribution in [0.5, 0.6) is 0 Å². The molecule has 166 valence electrons. The molecule has 0 atom stereocenters. The lowest BCUT2D eigenvalue weighted by molar-refractivity contribution is -0.137. The highest BCUT2D eigenvalue weighted by Crippen LogP contribution is 2.30. The van der Waals surface area contributed by atoms with Crippen LogP contribution in [0.3, 0.4) is 0 Å². The van der Waals surface area contributed by atoms with Gasteiger partial charge in [-0.2, -0.15) is 13.2 Å². The Morgan fingerprint density at radius 1 is 0.938 bits per heavy atom. The normalized spacial score (nSPS) is 14.5. The first kappa shape index (κ1) is 21.7. The van der Waals surface area contributed by atoms with E-state index in [2.05, 4.69) is 9.97 Å². The van der Waals surface area contributed by atoms with Crippen LogP contribution in [-0.2, 0) is 6.18 Å². The van der Waals surface area contributed by atoms with E-state index >= 15 is 0 Å². The zero-order chi connectivity index (χ0) is 22.9. The van der Waals surface area contributed by atoms with Gasteiger partial charge in [-0.1, -0.05) is 18.2 Å². The number of benzene rings is 2. The minimum absolute atomic E-state index is 0.0135. The molecule has 0 spiro atoms. The number of amides is 1. The van der Waals surface area contributed by atoms with E-state index in [1.165, 1.54) is 29.2 Å². The molecule has 1 aromatic heterocycles. The van der Waals surface area contributed by atoms with Gasteiger partial charge in [-0.15, -0.1) is 0 Å². The second-order valence-corrected chi connectivity index (χ2v) is 7.56. The van der Waals surface area contributed by atoms with E-state index in [0.29, 0.717) is 43.4 Å². The minimum atomic E-state index is -4.50. The molecule has 0 saturated carbocycles. The number of carbonyl (C=O) groups excluding carboxylic acids is 1. The average molecular weight is 444 g/mol. The van der Waals surface area contributed by atoms with Gasteiger partial charge in [0.2, 0.25) is 0 Å². The molecule has 4 rings (SSSR count). The Labute approximate surface area is 182 Å². The Morgan fingerprint density at radius 3 is 2.34 bits per heavy atom. The molecule has 5 nitrogen and oxygen atoms in total. The number of hydrogen-bond donors (Lipinski definition) is 0. The third-order valence-electron chi connectivity index (χ3n) is 5.25. The van der Waals surface area contributed by atoms with E-state index < -0.39 is 17.6 Å². The number of aryl methyl sites for hydroxylation is 1. The van der Waals surface area contributed by atoms with Crippen molar-refractivity contribution in [1.82, 2.24) is 14.9 Å². The summed E-state index contributed by atoms with van der Waals surface area (Å²) in [6.07, 6.45) is -4.50. The molecule has 9 heteroatoms. The molecule has 1 aliphatic heterocycles. The first-order chi connectivity index (χ1) is 15.2. The van der Waals surface area contributed by atoms with Crippen molar-refractivity contribution in [3.63, 3.8) is 0 Å². The number of halogens is 4. The van der Waals surface area contributed by atoms with Gasteiger partial charge in [0.25, 0.3) is 5.91 Å². The van der Waals surface area contributed by atoms with Gasteiger partial charge in [0.05, 0.1) is 5.56 Å². The molecule has 1 amide bonds. The van der Waals surface area contributed by atoms with E-state index in [4.69, 9.17) is 0 Å². The Balaban J connectivity index is 1.48. The Bertz CT molecular complexity index is 1140. The summed E-state index contributed by atoms with van der Waals surface area (Å²) in [5.41, 5.74) is 0.452. The van der Waals surface area contributed by atoms with Crippen LogP contribution in [0, 0.1) is 12.7 Å². The van der Waals surface area contributed by atoms with E-state index in [1.807, 2.05) is 17.9 Å². The summed E-state index contributed by atoms with van der Waals surface area (Å²) in [5.74, 6) is 0.246. The number of alkyl halides is 3. The van der Waals surface area contributed by atoms with Gasteiger partial charge in [-0.25, -0.2) is 14.4 Å². The van der Waals surface area contributed by atoms with Gasteiger partial charge in [0.15, 0.2) is 5.82 Å². The number of rotatable bonds is 3. The third kappa shape index (κ3) is 4.71. The van der Waals surface area contributed by atoms with E-state index in [0.717, 1.165) is 17.8 Å². The molecule has 0 radical (unpaired) electrons. The standard InChI is InChI=1S/C23H20F4N4O/c1-15-12-20(29-21(28-15)16-4-3-7-19(24)14-16)30-8-10-31(11-9-30)22(32)17-5-2-6-18(13-17)23(25,26)27/h2-7,12-14H,8-11H2,1H3. The summed E-state index contributed by atoms with van der Waals surface area (Å²) >= 11 is 0. The Morgan fingerprint density at radius 2 is 1.66 bits per heavy atom. The van der Waals surface area contributed by atoms with Crippen molar-refractivity contribution in [2.24, 2.45) is 0 Å². The summed E-state index contributed by atoms with van der Waals surface area (Å²) in [6, 6.07) is 12.3. The van der Waals surface area contributed by atoms with Gasteiger partial charge < -0.3 is 9.80 Å². The fourth-order valence-corrected chi connectivity index (χ4v) is 3.62. The highest BCUT2D eigenvalue weighted by atomic mass is 19.4. The van der Waals surface area contributed by atoms with Crippen LogP contribution in [0.2, 0.25) is 0 Å². The molecular formula is C23H20F4N4O. The third-order valence-corrected chi connectivity index (χ3v) is 5.25. The molecule has 1 saturated heterocycles. The zero-order valence-corrected chi connectivity index (χ0v) is 17.2. The predicted molar refractivity (Wildman–Crippen MR) is 112 cm³/mol. The van der Waals surface area contributed by atoms with Crippen LogP contribution < -0.4 is 4.90 Å². The molecule has 0 unspecified atom stereocenters. The number of aromatic nitrogens is 2. The molecule has 0 N–H and O–H groups in total. The maximum absolute atomic E-state index is 13.6. The van der Waals surface area contributed by atoms with Crippen molar-refractivity contribution >= 4 is 11.7 Å². The summed E-state index contributed by atoms with van der Waals surface area (Å²) in [5, 5.41) is 0. The van der Waals surface area contributed by atoms with Crippen molar-refractivity contribution in [1.29, 1.82) is 0 Å². The van der Waals surface area contributed by atoms with Gasteiger partial charge in [0, 0.05) is 49.1 Å². The topological polar surface area (TPSA) is 49.3 Å². The van der Waals surface area contributed by atoms with E-state index in [9.17, 15) is 22.4 Å². The lowest BCUT2D eigenvalue weighted by Gasteiger charge is -2.35. The molecule has 1 aliphatic rings. The maximum Gasteiger partial charge on any atom is 0.416 e. The fourth-order valence-electron chi connectivity index (χ4n) is 3.62. The number of carbonyl (C=O) groups is 1. The fraction of sp³-hybridized carbons (Fsp3) is 0.261. The predicted octanol–water partition coefficient (Wildman–Crippen LogP) is 4.57. The largest absolute Gasteiger partial charge is 0.416 e. The van der Waals surface area contributed by atoms with Crippen LogP contribution in [0.15, 0.2) is 54.6 Å². The highest BCUT2D eigenvalue weighted by Gasteiger charge is 2.32. The van der Waals surface area contributed by atoms with Crippen molar-refractivity contribution in [2.45, 2.75) is 13.1 Å². The van der Waals surface area contributed by atoms with Gasteiger partial charge in [0.1, 0.15) is 11.6 Å². The smallest absolute Gasteiger partial charge is 0.353 e. The summed E-state index contributed by atoms with van der Waals surface area (Å²) < 4.78 is 52.5. The summed E-state index contributed by atoms with van der Waals surface area (Å²) in [6.45, 7) is 3.43. The highest BCUT2D eigenvalue weighted by molar-refractivity contribution is 5.94. The zero-order valence-electron chi connectivity index (χ0n) is 17.2. The lowest BCUT2D eigenvalue weighted by Crippen LogP contribution is -2.49. The monoisotopic (exact) mass is 444 g/mol. The second kappa shape index (κ2) is 8.57. The van der Waals surface area contributed by atoms with Crippen LogP contribution in [0.1, 0.15) is 21.6 Å². The van der Waals surface area contributed by atoms with Gasteiger partial charge in [-0.3, -0.25) is 4.79 Å². The van der Waals surface area contributed by atoms with Gasteiger partial charge >= 0.3 is 6.18 Å². The first-order valence-electron chi connectivity index (χ1n) is 10.0. The second-order valence-electron chi connectivity index (χ2n) is 7.56. The van der Waals surface area contributed by atoms with E-state index in [1.54, 1.807) is 12.1 Å². The molecule has 0 aliphatic carbocycles. The molecular weight excluding hydrogens is 424 g/mol. The van der Waals surface area contributed by atoms with E-state index in [-0.39, 0.29) is 11.4 Å². The Kier molecular flexibility index (Phi) is 5.82. The quantitative estimate of drug-likeness (QED) is 0.556.